The van der Waals surface area contributed by atoms with Gasteiger partial charge in [0.1, 0.15) is 0 Å². The summed E-state index contributed by atoms with van der Waals surface area (Å²) in [6, 6.07) is 10.7. The molecule has 0 aliphatic carbocycles. The van der Waals surface area contributed by atoms with E-state index in [2.05, 4.69) is 9.97 Å². The van der Waals surface area contributed by atoms with Gasteiger partial charge in [0, 0.05) is 35.3 Å². The van der Waals surface area contributed by atoms with Crippen molar-refractivity contribution in [2.75, 3.05) is 0 Å². The molecule has 5 heteroatoms. The van der Waals surface area contributed by atoms with E-state index < -0.39 is 11.7 Å². The Morgan fingerprint density at radius 3 is 2.22 bits per heavy atom. The maximum atomic E-state index is 12.6. The normalized spacial score (nSPS) is 11.5. The Labute approximate surface area is 131 Å². The van der Waals surface area contributed by atoms with Crippen LogP contribution in [0.4, 0.5) is 13.2 Å². The van der Waals surface area contributed by atoms with Crippen LogP contribution in [0, 0.1) is 6.92 Å². The lowest BCUT2D eigenvalue weighted by atomic mass is 10.0. The highest BCUT2D eigenvalue weighted by Gasteiger charge is 2.30. The third-order valence-corrected chi connectivity index (χ3v) is 3.59. The molecule has 0 atom stereocenters. The predicted octanol–water partition coefficient (Wildman–Crippen LogP) is 5.14. The van der Waals surface area contributed by atoms with Gasteiger partial charge in [-0.15, -0.1) is 0 Å². The molecule has 2 heterocycles. The Morgan fingerprint density at radius 2 is 1.65 bits per heavy atom. The first kappa shape index (κ1) is 15.2. The maximum Gasteiger partial charge on any atom is 0.416 e. The Kier molecular flexibility index (Phi) is 3.86. The Morgan fingerprint density at radius 1 is 0.913 bits per heavy atom. The summed E-state index contributed by atoms with van der Waals surface area (Å²) in [5.41, 5.74) is 3.53. The summed E-state index contributed by atoms with van der Waals surface area (Å²) < 4.78 is 37.8. The second-order valence-electron chi connectivity index (χ2n) is 5.20. The van der Waals surface area contributed by atoms with Gasteiger partial charge in [-0.05, 0) is 36.8 Å². The number of hydrogen-bond donors (Lipinski definition) is 0. The summed E-state index contributed by atoms with van der Waals surface area (Å²) in [4.78, 5) is 8.45. The molecule has 0 bridgehead atoms. The lowest BCUT2D eigenvalue weighted by Gasteiger charge is -2.10. The summed E-state index contributed by atoms with van der Waals surface area (Å²) in [5, 5.41) is 0. The molecule has 3 rings (SSSR count). The molecule has 0 spiro atoms. The molecule has 0 N–H and O–H groups in total. The summed E-state index contributed by atoms with van der Waals surface area (Å²) in [7, 11) is 0. The third-order valence-electron chi connectivity index (χ3n) is 3.59. The Bertz CT molecular complexity index is 810. The van der Waals surface area contributed by atoms with Crippen LogP contribution in [0.15, 0.2) is 61.1 Å². The minimum absolute atomic E-state index is 0.642. The topological polar surface area (TPSA) is 25.8 Å². The fourth-order valence-electron chi connectivity index (χ4n) is 2.37. The standard InChI is InChI=1S/C18H13F3N2/c1-12-9-17(13-4-6-15(7-5-13)18(19,20)21)23-11-16(12)14-3-2-8-22-10-14/h2-11H,1H3. The molecule has 2 aromatic heterocycles. The average Bonchev–Trinajstić information content (AvgIpc) is 2.55. The first-order valence-electron chi connectivity index (χ1n) is 7.00. The van der Waals surface area contributed by atoms with Crippen LogP contribution < -0.4 is 0 Å². The molecule has 0 radical (unpaired) electrons. The molecule has 0 amide bonds. The minimum Gasteiger partial charge on any atom is -0.264 e. The quantitative estimate of drug-likeness (QED) is 0.654. The van der Waals surface area contributed by atoms with Gasteiger partial charge in [0.25, 0.3) is 0 Å². The van der Waals surface area contributed by atoms with Crippen molar-refractivity contribution >= 4 is 0 Å². The van der Waals surface area contributed by atoms with E-state index in [0.29, 0.717) is 11.3 Å². The molecule has 2 nitrogen and oxygen atoms in total. The van der Waals surface area contributed by atoms with Gasteiger partial charge >= 0.3 is 6.18 Å². The van der Waals surface area contributed by atoms with Crippen molar-refractivity contribution in [3.05, 3.63) is 72.2 Å². The molecule has 1 aromatic carbocycles. The van der Waals surface area contributed by atoms with Crippen LogP contribution >= 0.6 is 0 Å². The van der Waals surface area contributed by atoms with Crippen molar-refractivity contribution in [3.8, 4) is 22.4 Å². The van der Waals surface area contributed by atoms with Crippen LogP contribution in [-0.4, -0.2) is 9.97 Å². The highest BCUT2D eigenvalue weighted by atomic mass is 19.4. The van der Waals surface area contributed by atoms with Gasteiger partial charge in [-0.25, -0.2) is 0 Å². The molecule has 0 aliphatic rings. The second kappa shape index (κ2) is 5.83. The molecule has 116 valence electrons. The van der Waals surface area contributed by atoms with Crippen LogP contribution in [0.25, 0.3) is 22.4 Å². The van der Waals surface area contributed by atoms with E-state index in [1.165, 1.54) is 12.1 Å². The highest BCUT2D eigenvalue weighted by molar-refractivity contribution is 5.69. The summed E-state index contributed by atoms with van der Waals surface area (Å²) in [6.07, 6.45) is 0.843. The SMILES string of the molecule is Cc1cc(-c2ccc(C(F)(F)F)cc2)ncc1-c1cccnc1. The van der Waals surface area contributed by atoms with Gasteiger partial charge in [-0.1, -0.05) is 18.2 Å². The molecular formula is C18H13F3N2. The fraction of sp³-hybridized carbons (Fsp3) is 0.111. The summed E-state index contributed by atoms with van der Waals surface area (Å²) in [6.45, 7) is 1.94. The predicted molar refractivity (Wildman–Crippen MR) is 82.6 cm³/mol. The van der Waals surface area contributed by atoms with Gasteiger partial charge in [0.2, 0.25) is 0 Å². The first-order valence-corrected chi connectivity index (χ1v) is 7.00. The maximum absolute atomic E-state index is 12.6. The van der Waals surface area contributed by atoms with E-state index in [0.717, 1.165) is 28.8 Å². The molecule has 0 saturated carbocycles. The minimum atomic E-state index is -4.33. The van der Waals surface area contributed by atoms with E-state index in [1.807, 2.05) is 25.1 Å². The second-order valence-corrected chi connectivity index (χ2v) is 5.20. The molecular weight excluding hydrogens is 301 g/mol. The van der Waals surface area contributed by atoms with Crippen molar-refractivity contribution in [1.82, 2.24) is 9.97 Å². The average molecular weight is 314 g/mol. The van der Waals surface area contributed by atoms with Crippen molar-refractivity contribution in [1.29, 1.82) is 0 Å². The van der Waals surface area contributed by atoms with E-state index in [9.17, 15) is 13.2 Å². The first-order chi connectivity index (χ1) is 10.9. The molecule has 0 fully saturated rings. The fourth-order valence-corrected chi connectivity index (χ4v) is 2.37. The van der Waals surface area contributed by atoms with Crippen LogP contribution in [0.2, 0.25) is 0 Å². The zero-order valence-electron chi connectivity index (χ0n) is 12.3. The molecule has 0 unspecified atom stereocenters. The zero-order valence-corrected chi connectivity index (χ0v) is 12.3. The molecule has 23 heavy (non-hydrogen) atoms. The van der Waals surface area contributed by atoms with Gasteiger partial charge in [-0.2, -0.15) is 13.2 Å². The number of hydrogen-bond acceptors (Lipinski definition) is 2. The number of alkyl halides is 3. The van der Waals surface area contributed by atoms with Crippen molar-refractivity contribution in [2.45, 2.75) is 13.1 Å². The molecule has 0 saturated heterocycles. The number of rotatable bonds is 2. The van der Waals surface area contributed by atoms with E-state index in [4.69, 9.17) is 0 Å². The smallest absolute Gasteiger partial charge is 0.264 e. The lowest BCUT2D eigenvalue weighted by Crippen LogP contribution is -2.04. The number of aromatic nitrogens is 2. The summed E-state index contributed by atoms with van der Waals surface area (Å²) in [5.74, 6) is 0. The Hall–Kier alpha value is -2.69. The van der Waals surface area contributed by atoms with Crippen molar-refractivity contribution < 1.29 is 13.2 Å². The molecule has 0 aliphatic heterocycles. The number of halogens is 3. The Balaban J connectivity index is 1.94. The van der Waals surface area contributed by atoms with E-state index in [-0.39, 0.29) is 0 Å². The number of nitrogens with zero attached hydrogens (tertiary/aromatic N) is 2. The number of aryl methyl sites for hydroxylation is 1. The largest absolute Gasteiger partial charge is 0.416 e. The van der Waals surface area contributed by atoms with Crippen molar-refractivity contribution in [2.24, 2.45) is 0 Å². The van der Waals surface area contributed by atoms with Crippen LogP contribution in [-0.2, 0) is 6.18 Å². The summed E-state index contributed by atoms with van der Waals surface area (Å²) >= 11 is 0. The van der Waals surface area contributed by atoms with Crippen molar-refractivity contribution in [3.63, 3.8) is 0 Å². The van der Waals surface area contributed by atoms with E-state index in [1.54, 1.807) is 18.6 Å². The number of pyridine rings is 2. The van der Waals surface area contributed by atoms with Gasteiger partial charge < -0.3 is 0 Å². The zero-order chi connectivity index (χ0) is 16.4. The lowest BCUT2D eigenvalue weighted by molar-refractivity contribution is -0.137. The highest BCUT2D eigenvalue weighted by Crippen LogP contribution is 2.31. The van der Waals surface area contributed by atoms with Gasteiger partial charge in [-0.3, -0.25) is 9.97 Å². The van der Waals surface area contributed by atoms with E-state index >= 15 is 0 Å². The van der Waals surface area contributed by atoms with Crippen LogP contribution in [0.1, 0.15) is 11.1 Å². The number of benzene rings is 1. The monoisotopic (exact) mass is 314 g/mol. The van der Waals surface area contributed by atoms with Gasteiger partial charge in [0.05, 0.1) is 11.3 Å². The third kappa shape index (κ3) is 3.23. The van der Waals surface area contributed by atoms with Crippen LogP contribution in [0.5, 0.6) is 0 Å². The molecule has 3 aromatic rings. The van der Waals surface area contributed by atoms with Crippen LogP contribution in [0.3, 0.4) is 0 Å². The van der Waals surface area contributed by atoms with Gasteiger partial charge in [0.15, 0.2) is 0 Å².